The number of hydrogen-bond donors (Lipinski definition) is 0. The Morgan fingerprint density at radius 2 is 1.83 bits per heavy atom. The lowest BCUT2D eigenvalue weighted by Gasteiger charge is -2.26. The average molecular weight is 332 g/mol. The van der Waals surface area contributed by atoms with E-state index in [0.717, 1.165) is 31.1 Å². The van der Waals surface area contributed by atoms with Gasteiger partial charge in [-0.2, -0.15) is 0 Å². The van der Waals surface area contributed by atoms with E-state index in [0.29, 0.717) is 5.57 Å². The molecule has 130 valence electrons. The zero-order chi connectivity index (χ0) is 18.0. The first-order chi connectivity index (χ1) is 11.6. The van der Waals surface area contributed by atoms with Crippen molar-refractivity contribution in [3.8, 4) is 11.8 Å². The fourth-order valence-corrected chi connectivity index (χ4v) is 2.59. The Balaban J connectivity index is 3.12. The third kappa shape index (κ3) is 4.58. The topological polar surface area (TPSA) is 69.7 Å². The summed E-state index contributed by atoms with van der Waals surface area (Å²) in [5.74, 6) is 4.50. The molecule has 5 heteroatoms. The third-order valence-corrected chi connectivity index (χ3v) is 3.86. The Morgan fingerprint density at radius 3 is 2.33 bits per heavy atom. The van der Waals surface area contributed by atoms with Crippen LogP contribution in [0.1, 0.15) is 46.0 Å². The lowest BCUT2D eigenvalue weighted by Crippen LogP contribution is -2.41. The second-order valence-electron chi connectivity index (χ2n) is 5.47. The van der Waals surface area contributed by atoms with Crippen LogP contribution in [0, 0.1) is 17.3 Å². The molecule has 0 radical (unpaired) electrons. The molecule has 0 aromatic rings. The van der Waals surface area contributed by atoms with Crippen molar-refractivity contribution >= 4 is 18.2 Å². The minimum atomic E-state index is -1.51. The molecule has 0 amide bonds. The third-order valence-electron chi connectivity index (χ3n) is 3.86. The molecule has 5 nitrogen and oxygen atoms in total. The van der Waals surface area contributed by atoms with Crippen molar-refractivity contribution in [2.75, 3.05) is 13.2 Å². The summed E-state index contributed by atoms with van der Waals surface area (Å²) in [5.41, 5.74) is -0.0318. The normalized spacial score (nSPS) is 13.8. The van der Waals surface area contributed by atoms with Crippen molar-refractivity contribution in [3.63, 3.8) is 0 Å². The first-order valence-corrected chi connectivity index (χ1v) is 8.17. The number of carbonyl (C=O) groups is 3. The molecular weight excluding hydrogens is 308 g/mol. The van der Waals surface area contributed by atoms with Gasteiger partial charge in [-0.3, -0.25) is 14.4 Å². The fraction of sp³-hybridized carbons (Fsp3) is 0.526. The summed E-state index contributed by atoms with van der Waals surface area (Å²) in [6, 6.07) is 0. The van der Waals surface area contributed by atoms with Gasteiger partial charge in [0, 0.05) is 17.6 Å². The van der Waals surface area contributed by atoms with E-state index < -0.39 is 17.4 Å². The van der Waals surface area contributed by atoms with E-state index in [2.05, 4.69) is 18.4 Å². The summed E-state index contributed by atoms with van der Waals surface area (Å²) in [7, 11) is 0. The molecule has 0 aliphatic heterocycles. The summed E-state index contributed by atoms with van der Waals surface area (Å²) in [6.07, 6.45) is 4.72. The van der Waals surface area contributed by atoms with Crippen LogP contribution in [-0.2, 0) is 23.9 Å². The zero-order valence-electron chi connectivity index (χ0n) is 14.4. The van der Waals surface area contributed by atoms with Crippen LogP contribution in [0.3, 0.4) is 0 Å². The van der Waals surface area contributed by atoms with Gasteiger partial charge in [-0.1, -0.05) is 17.9 Å². The van der Waals surface area contributed by atoms with Gasteiger partial charge in [0.1, 0.15) is 6.29 Å². The predicted octanol–water partition coefficient (Wildman–Crippen LogP) is 2.75. The standard InChI is InChI=1S/C19H24O5/c1-4-12-19(17(21)23-5-2,18(22)24-6-3)13-8-11-15-9-7-10-16(15)14-20/h4,14H,1,5-7,9-10,12-13H2,2-3H3. The van der Waals surface area contributed by atoms with E-state index >= 15 is 0 Å². The molecule has 0 fully saturated rings. The molecule has 0 N–H and O–H groups in total. The molecule has 0 saturated carbocycles. The predicted molar refractivity (Wildman–Crippen MR) is 89.8 cm³/mol. The number of carbonyl (C=O) groups excluding carboxylic acids is 3. The second kappa shape index (κ2) is 9.71. The van der Waals surface area contributed by atoms with E-state index in [1.807, 2.05) is 0 Å². The highest BCUT2D eigenvalue weighted by atomic mass is 16.6. The molecule has 0 spiro atoms. The molecule has 0 bridgehead atoms. The number of esters is 2. The molecule has 0 heterocycles. The van der Waals surface area contributed by atoms with Crippen molar-refractivity contribution in [1.82, 2.24) is 0 Å². The number of aldehydes is 1. The van der Waals surface area contributed by atoms with E-state index in [4.69, 9.17) is 9.47 Å². The Bertz CT molecular complexity index is 571. The van der Waals surface area contributed by atoms with E-state index in [-0.39, 0.29) is 26.1 Å². The van der Waals surface area contributed by atoms with Gasteiger partial charge >= 0.3 is 11.9 Å². The van der Waals surface area contributed by atoms with Crippen molar-refractivity contribution in [1.29, 1.82) is 0 Å². The Hall–Kier alpha value is -2.35. The highest BCUT2D eigenvalue weighted by molar-refractivity contribution is 6.00. The summed E-state index contributed by atoms with van der Waals surface area (Å²) >= 11 is 0. The van der Waals surface area contributed by atoms with Gasteiger partial charge < -0.3 is 9.47 Å². The van der Waals surface area contributed by atoms with Crippen LogP contribution >= 0.6 is 0 Å². The highest BCUT2D eigenvalue weighted by Crippen LogP contribution is 2.31. The largest absolute Gasteiger partial charge is 0.465 e. The van der Waals surface area contributed by atoms with Crippen LogP contribution in [0.2, 0.25) is 0 Å². The summed E-state index contributed by atoms with van der Waals surface area (Å²) < 4.78 is 10.1. The number of hydrogen-bond acceptors (Lipinski definition) is 5. The lowest BCUT2D eigenvalue weighted by molar-refractivity contribution is -0.171. The van der Waals surface area contributed by atoms with Gasteiger partial charge in [0.2, 0.25) is 0 Å². The Morgan fingerprint density at radius 1 is 1.21 bits per heavy atom. The summed E-state index contributed by atoms with van der Waals surface area (Å²) in [5, 5.41) is 0. The minimum Gasteiger partial charge on any atom is -0.465 e. The van der Waals surface area contributed by atoms with Crippen molar-refractivity contribution in [2.45, 2.75) is 46.0 Å². The van der Waals surface area contributed by atoms with Crippen molar-refractivity contribution in [3.05, 3.63) is 23.8 Å². The van der Waals surface area contributed by atoms with Gasteiger partial charge in [0.05, 0.1) is 13.2 Å². The van der Waals surface area contributed by atoms with Crippen LogP contribution in [0.4, 0.5) is 0 Å². The first-order valence-electron chi connectivity index (χ1n) is 8.17. The van der Waals surface area contributed by atoms with Gasteiger partial charge in [-0.05, 0) is 39.5 Å². The van der Waals surface area contributed by atoms with Gasteiger partial charge in [-0.15, -0.1) is 6.58 Å². The van der Waals surface area contributed by atoms with Crippen LogP contribution < -0.4 is 0 Å². The summed E-state index contributed by atoms with van der Waals surface area (Å²) in [6.45, 7) is 7.28. The van der Waals surface area contributed by atoms with Crippen molar-refractivity contribution in [2.24, 2.45) is 5.41 Å². The maximum absolute atomic E-state index is 12.4. The fourth-order valence-electron chi connectivity index (χ4n) is 2.59. The van der Waals surface area contributed by atoms with Gasteiger partial charge in [-0.25, -0.2) is 0 Å². The maximum Gasteiger partial charge on any atom is 0.324 e. The monoisotopic (exact) mass is 332 g/mol. The Kier molecular flexibility index (Phi) is 7.97. The molecule has 0 aromatic carbocycles. The average Bonchev–Trinajstić information content (AvgIpc) is 3.01. The molecule has 0 unspecified atom stereocenters. The molecule has 24 heavy (non-hydrogen) atoms. The molecule has 0 saturated heterocycles. The van der Waals surface area contributed by atoms with Gasteiger partial charge in [0.15, 0.2) is 5.41 Å². The zero-order valence-corrected chi connectivity index (χ0v) is 14.4. The van der Waals surface area contributed by atoms with E-state index in [1.165, 1.54) is 6.08 Å². The van der Waals surface area contributed by atoms with Crippen LogP contribution in [-0.4, -0.2) is 31.4 Å². The molecular formula is C19H24O5. The minimum absolute atomic E-state index is 0.0354. The summed E-state index contributed by atoms with van der Waals surface area (Å²) in [4.78, 5) is 35.8. The second-order valence-corrected chi connectivity index (χ2v) is 5.47. The SMILES string of the molecule is C=CCC(CC#CC1=C(C=O)CCC1)(C(=O)OCC)C(=O)OCC. The van der Waals surface area contributed by atoms with E-state index in [9.17, 15) is 14.4 Å². The van der Waals surface area contributed by atoms with Gasteiger partial charge in [0.25, 0.3) is 0 Å². The molecule has 1 aliphatic rings. The maximum atomic E-state index is 12.4. The molecule has 0 aromatic heterocycles. The van der Waals surface area contributed by atoms with Crippen LogP contribution in [0.25, 0.3) is 0 Å². The van der Waals surface area contributed by atoms with Crippen LogP contribution in [0.15, 0.2) is 23.8 Å². The van der Waals surface area contributed by atoms with Crippen molar-refractivity contribution < 1.29 is 23.9 Å². The number of rotatable bonds is 8. The first kappa shape index (κ1) is 19.7. The van der Waals surface area contributed by atoms with Crippen LogP contribution in [0.5, 0.6) is 0 Å². The smallest absolute Gasteiger partial charge is 0.324 e. The lowest BCUT2D eigenvalue weighted by atomic mass is 9.81. The number of allylic oxidation sites excluding steroid dienone is 3. The quantitative estimate of drug-likeness (QED) is 0.225. The Labute approximate surface area is 143 Å². The number of ether oxygens (including phenoxy) is 2. The molecule has 0 atom stereocenters. The molecule has 1 aliphatic carbocycles. The highest BCUT2D eigenvalue weighted by Gasteiger charge is 2.47. The molecule has 1 rings (SSSR count). The van der Waals surface area contributed by atoms with E-state index in [1.54, 1.807) is 13.8 Å².